The van der Waals surface area contributed by atoms with E-state index in [0.717, 1.165) is 16.1 Å². The second-order valence-corrected chi connectivity index (χ2v) is 10.6. The lowest BCUT2D eigenvalue weighted by molar-refractivity contribution is -0.153. The highest BCUT2D eigenvalue weighted by Gasteiger charge is 2.56. The Kier molecular flexibility index (Phi) is 7.60. The van der Waals surface area contributed by atoms with Crippen molar-refractivity contribution < 1.29 is 37.3 Å². The van der Waals surface area contributed by atoms with Gasteiger partial charge in [-0.25, -0.2) is 14.1 Å². The van der Waals surface area contributed by atoms with Crippen LogP contribution >= 0.6 is 11.3 Å². The third-order valence-corrected chi connectivity index (χ3v) is 7.27. The molecule has 8 N–H and O–H groups in total. The van der Waals surface area contributed by atoms with Gasteiger partial charge in [-0.1, -0.05) is 5.16 Å². The van der Waals surface area contributed by atoms with Crippen molar-refractivity contribution in [2.24, 2.45) is 10.9 Å². The number of aromatic nitrogens is 4. The van der Waals surface area contributed by atoms with E-state index in [1.54, 1.807) is 0 Å². The van der Waals surface area contributed by atoms with Crippen LogP contribution < -0.4 is 22.1 Å². The number of oxime groups is 1. The summed E-state index contributed by atoms with van der Waals surface area (Å²) in [4.78, 5) is 47.4. The highest BCUT2D eigenvalue weighted by Crippen LogP contribution is 2.40. The number of β-lactam (4-membered cyclic amide) rings is 1. The Balaban J connectivity index is 1.54. The number of carbonyl (C=O) groups excluding carboxylic acids is 2. The first-order valence-electron chi connectivity index (χ1n) is 11.1. The normalized spacial score (nSPS) is 20.6. The molecule has 2 aromatic heterocycles. The Labute approximate surface area is 218 Å². The van der Waals surface area contributed by atoms with E-state index in [0.29, 0.717) is 25.3 Å². The number of nitrogen functional groups attached to an aromatic ring is 1. The van der Waals surface area contributed by atoms with Gasteiger partial charge in [0, 0.05) is 37.9 Å². The number of aliphatic carboxylic acids is 1. The van der Waals surface area contributed by atoms with Crippen LogP contribution in [-0.2, 0) is 42.6 Å². The van der Waals surface area contributed by atoms with Gasteiger partial charge in [0.05, 0.1) is 18.4 Å². The fraction of sp³-hybridized carbons (Fsp3) is 0.500. The fourth-order valence-electron chi connectivity index (χ4n) is 3.53. The summed E-state index contributed by atoms with van der Waals surface area (Å²) < 4.78 is 33.4. The molecule has 0 aromatic carbocycles. The highest BCUT2D eigenvalue weighted by atomic mass is 32.2. The number of amides is 2. The molecular weight excluding hydrogens is 548 g/mol. The lowest BCUT2D eigenvalue weighted by Gasteiger charge is -2.43. The van der Waals surface area contributed by atoms with Crippen molar-refractivity contribution in [2.45, 2.75) is 43.6 Å². The van der Waals surface area contributed by atoms with Gasteiger partial charge >= 0.3 is 16.3 Å². The number of nitrogens with zero attached hydrogens (tertiary/aromatic N) is 6. The monoisotopic (exact) mass is 572 g/mol. The summed E-state index contributed by atoms with van der Waals surface area (Å²) in [5.74, 6) is -3.40. The summed E-state index contributed by atoms with van der Waals surface area (Å²) in [6.45, 7) is 0.962. The fourth-order valence-corrected chi connectivity index (χ4v) is 4.95. The van der Waals surface area contributed by atoms with Gasteiger partial charge in [0.1, 0.15) is 17.8 Å². The van der Waals surface area contributed by atoms with Gasteiger partial charge in [-0.3, -0.25) is 14.1 Å². The quantitative estimate of drug-likeness (QED) is 0.0456. The van der Waals surface area contributed by atoms with Crippen LogP contribution in [0.4, 0.5) is 5.13 Å². The van der Waals surface area contributed by atoms with E-state index in [9.17, 15) is 32.5 Å². The summed E-state index contributed by atoms with van der Waals surface area (Å²) in [6, 6.07) is -2.74. The molecule has 206 valence electrons. The van der Waals surface area contributed by atoms with Crippen LogP contribution in [0.15, 0.2) is 16.7 Å². The molecule has 2 fully saturated rings. The molecule has 1 aliphatic heterocycles. The largest absolute Gasteiger partial charge is 0.478 e. The molecule has 2 aromatic rings. The number of hydrogen-bond acceptors (Lipinski definition) is 14. The Morgan fingerprint density at radius 3 is 2.68 bits per heavy atom. The van der Waals surface area contributed by atoms with Gasteiger partial charge in [0.2, 0.25) is 5.60 Å². The van der Waals surface area contributed by atoms with E-state index in [-0.39, 0.29) is 34.5 Å². The summed E-state index contributed by atoms with van der Waals surface area (Å²) >= 11 is 0.974. The summed E-state index contributed by atoms with van der Waals surface area (Å²) in [5, 5.41) is 28.0. The molecule has 18 nitrogen and oxygen atoms in total. The third kappa shape index (κ3) is 5.72. The molecule has 1 saturated heterocycles. The van der Waals surface area contributed by atoms with Crippen LogP contribution in [0.1, 0.15) is 24.2 Å². The standard InChI is InChI=1S/C18H24N10O8S2/c19-3-4-21-5-9-6-22-27(25-9)7-11-13(15(30)28(11)38(33,34)35)24-14(29)12(10-8-37-17(20)23-10)26-36-18(1-2-18)16(31)32/h6,8,11,13,21H,1-5,7,19H2,(H2,20,23)(H,24,29)(H,31,32)(H,33,34,35)/b26-12-/t11-,13+/m1/s1. The van der Waals surface area contributed by atoms with Crippen molar-refractivity contribution in [3.8, 4) is 0 Å². The molecule has 38 heavy (non-hydrogen) atoms. The van der Waals surface area contributed by atoms with Crippen LogP contribution in [0, 0.1) is 0 Å². The Morgan fingerprint density at radius 1 is 1.37 bits per heavy atom. The van der Waals surface area contributed by atoms with Gasteiger partial charge in [-0.15, -0.1) is 11.3 Å². The predicted molar refractivity (Wildman–Crippen MR) is 129 cm³/mol. The van der Waals surface area contributed by atoms with Crippen molar-refractivity contribution >= 4 is 50.3 Å². The maximum atomic E-state index is 13.1. The molecule has 1 saturated carbocycles. The van der Waals surface area contributed by atoms with E-state index >= 15 is 0 Å². The van der Waals surface area contributed by atoms with Crippen LogP contribution in [-0.4, -0.2) is 96.6 Å². The molecule has 2 aliphatic rings. The van der Waals surface area contributed by atoms with Gasteiger partial charge in [-0.2, -0.15) is 23.4 Å². The number of nitrogens with one attached hydrogen (secondary N) is 2. The number of hydrogen-bond donors (Lipinski definition) is 6. The van der Waals surface area contributed by atoms with E-state index in [1.807, 2.05) is 0 Å². The minimum atomic E-state index is -4.97. The first-order chi connectivity index (χ1) is 17.9. The number of carbonyl (C=O) groups is 3. The Morgan fingerprint density at radius 2 is 2.11 bits per heavy atom. The minimum Gasteiger partial charge on any atom is -0.478 e. The number of carboxylic acids is 1. The van der Waals surface area contributed by atoms with Crippen molar-refractivity contribution in [1.82, 2.24) is 34.9 Å². The van der Waals surface area contributed by atoms with Crippen LogP contribution in [0.5, 0.6) is 0 Å². The van der Waals surface area contributed by atoms with E-state index in [2.05, 4.69) is 31.0 Å². The van der Waals surface area contributed by atoms with Crippen LogP contribution in [0.2, 0.25) is 0 Å². The smallest absolute Gasteiger partial charge is 0.362 e. The van der Waals surface area contributed by atoms with Gasteiger partial charge < -0.3 is 32.0 Å². The van der Waals surface area contributed by atoms with Gasteiger partial charge in [0.15, 0.2) is 10.8 Å². The zero-order valence-corrected chi connectivity index (χ0v) is 21.2. The van der Waals surface area contributed by atoms with Crippen molar-refractivity contribution in [1.29, 1.82) is 0 Å². The zero-order chi connectivity index (χ0) is 27.7. The topological polar surface area (TPSA) is 270 Å². The molecular formula is C18H24N10O8S2. The number of carboxylic acid groups (broad SMARTS) is 1. The lowest BCUT2D eigenvalue weighted by atomic mass is 9.98. The molecule has 0 unspecified atom stereocenters. The first-order valence-corrected chi connectivity index (χ1v) is 13.3. The predicted octanol–water partition coefficient (Wildman–Crippen LogP) is -3.10. The average Bonchev–Trinajstić information content (AvgIpc) is 3.31. The van der Waals surface area contributed by atoms with Crippen LogP contribution in [0.25, 0.3) is 0 Å². The number of thiazole rings is 1. The van der Waals surface area contributed by atoms with E-state index < -0.39 is 51.5 Å². The maximum Gasteiger partial charge on any atom is 0.362 e. The van der Waals surface area contributed by atoms with Crippen molar-refractivity contribution in [2.75, 3.05) is 18.8 Å². The molecule has 0 radical (unpaired) electrons. The molecule has 1 aliphatic carbocycles. The number of rotatable bonds is 13. The molecule has 0 spiro atoms. The zero-order valence-electron chi connectivity index (χ0n) is 19.6. The first kappa shape index (κ1) is 27.3. The minimum absolute atomic E-state index is 0.0514. The lowest BCUT2D eigenvalue weighted by Crippen LogP contribution is -2.73. The van der Waals surface area contributed by atoms with E-state index in [1.165, 1.54) is 11.6 Å². The molecule has 0 bridgehead atoms. The van der Waals surface area contributed by atoms with Gasteiger partial charge in [-0.05, 0) is 0 Å². The third-order valence-electron chi connectivity index (χ3n) is 5.65. The molecule has 2 atom stereocenters. The van der Waals surface area contributed by atoms with Crippen LogP contribution in [0.3, 0.4) is 0 Å². The summed E-state index contributed by atoms with van der Waals surface area (Å²) in [5.41, 5.74) is 9.45. The van der Waals surface area contributed by atoms with Gasteiger partial charge in [0.25, 0.3) is 11.8 Å². The summed E-state index contributed by atoms with van der Waals surface area (Å²) in [6.07, 6.45) is 1.76. The maximum absolute atomic E-state index is 13.1. The Hall–Kier alpha value is -3.72. The molecule has 4 rings (SSSR count). The molecule has 2 amide bonds. The van der Waals surface area contributed by atoms with Crippen molar-refractivity contribution in [3.05, 3.63) is 23.0 Å². The molecule has 20 heteroatoms. The second-order valence-electron chi connectivity index (χ2n) is 8.39. The number of nitrogens with two attached hydrogens (primary N) is 2. The van der Waals surface area contributed by atoms with E-state index in [4.69, 9.17) is 16.3 Å². The summed E-state index contributed by atoms with van der Waals surface area (Å²) in [7, 11) is -4.97. The number of anilines is 1. The van der Waals surface area contributed by atoms with Crippen molar-refractivity contribution in [3.63, 3.8) is 0 Å². The Bertz CT molecular complexity index is 1370. The average molecular weight is 573 g/mol. The SMILES string of the molecule is NCCNCc1cnn(C[C@@H]2[C@H](NC(=O)/C(=N\OC3(C(=O)O)CC3)c3csc(N)n3)C(=O)N2S(=O)(=O)O)n1. The highest BCUT2D eigenvalue weighted by molar-refractivity contribution is 7.84. The molecule has 3 heterocycles. The second kappa shape index (κ2) is 10.6.